The van der Waals surface area contributed by atoms with Crippen LogP contribution in [0.2, 0.25) is 5.02 Å². The fourth-order valence-electron chi connectivity index (χ4n) is 3.06. The van der Waals surface area contributed by atoms with Crippen LogP contribution in [0.1, 0.15) is 29.9 Å². The van der Waals surface area contributed by atoms with Crippen molar-refractivity contribution < 1.29 is 13.6 Å². The third-order valence-electron chi connectivity index (χ3n) is 4.18. The summed E-state index contributed by atoms with van der Waals surface area (Å²) >= 11 is 11.5. The smallest absolute Gasteiger partial charge is 0.308 e. The Balaban J connectivity index is 2.13. The zero-order valence-electron chi connectivity index (χ0n) is 15.2. The van der Waals surface area contributed by atoms with E-state index in [1.807, 2.05) is 50.2 Å². The Morgan fingerprint density at radius 3 is 2.44 bits per heavy atom. The monoisotopic (exact) mass is 486 g/mol. The molecule has 0 spiro atoms. The highest BCUT2D eigenvalue weighted by Gasteiger charge is 2.39. The van der Waals surface area contributed by atoms with Crippen molar-refractivity contribution >= 4 is 56.5 Å². The van der Waals surface area contributed by atoms with E-state index in [1.54, 1.807) is 11.3 Å². The van der Waals surface area contributed by atoms with Crippen molar-refractivity contribution in [2.75, 3.05) is 13.2 Å². The Hall–Kier alpha value is -0.680. The van der Waals surface area contributed by atoms with E-state index in [2.05, 4.69) is 28.1 Å². The SMILES string of the molecule is CCOP(=O)(OCC)C(Cc1cccc(Cl)c1)c1sc2ccccc2c1Br. The Morgan fingerprint density at radius 2 is 1.81 bits per heavy atom. The van der Waals surface area contributed by atoms with Gasteiger partial charge in [0.1, 0.15) is 5.66 Å². The minimum Gasteiger partial charge on any atom is -0.308 e. The van der Waals surface area contributed by atoms with E-state index < -0.39 is 13.3 Å². The van der Waals surface area contributed by atoms with Gasteiger partial charge in [-0.15, -0.1) is 11.3 Å². The van der Waals surface area contributed by atoms with Gasteiger partial charge >= 0.3 is 7.60 Å². The molecule has 3 rings (SSSR count). The molecule has 0 N–H and O–H groups in total. The van der Waals surface area contributed by atoms with Crippen LogP contribution in [-0.4, -0.2) is 13.2 Å². The average molecular weight is 488 g/mol. The summed E-state index contributed by atoms with van der Waals surface area (Å²) in [6.45, 7) is 4.32. The van der Waals surface area contributed by atoms with Crippen LogP contribution in [0.5, 0.6) is 0 Å². The van der Waals surface area contributed by atoms with Crippen LogP contribution in [0, 0.1) is 0 Å². The van der Waals surface area contributed by atoms with Crippen molar-refractivity contribution in [2.45, 2.75) is 25.9 Å². The lowest BCUT2D eigenvalue weighted by atomic mass is 10.1. The molecule has 1 heterocycles. The van der Waals surface area contributed by atoms with Gasteiger partial charge in [-0.25, -0.2) is 0 Å². The van der Waals surface area contributed by atoms with Gasteiger partial charge in [-0.1, -0.05) is 41.9 Å². The van der Waals surface area contributed by atoms with E-state index in [0.717, 1.165) is 25.0 Å². The molecule has 0 amide bonds. The Kier molecular flexibility index (Phi) is 7.18. The summed E-state index contributed by atoms with van der Waals surface area (Å²) in [6.07, 6.45) is 0.517. The Bertz CT molecular complexity index is 965. The molecule has 27 heavy (non-hydrogen) atoms. The highest BCUT2D eigenvalue weighted by molar-refractivity contribution is 9.10. The number of halogens is 2. The molecule has 144 valence electrons. The van der Waals surface area contributed by atoms with Gasteiger partial charge in [0.15, 0.2) is 0 Å². The fraction of sp³-hybridized carbons (Fsp3) is 0.300. The van der Waals surface area contributed by atoms with Crippen molar-refractivity contribution in [1.82, 2.24) is 0 Å². The predicted molar refractivity (Wildman–Crippen MR) is 118 cm³/mol. The summed E-state index contributed by atoms with van der Waals surface area (Å²) < 4.78 is 27.3. The van der Waals surface area contributed by atoms with Crippen LogP contribution in [0.15, 0.2) is 53.0 Å². The highest BCUT2D eigenvalue weighted by Crippen LogP contribution is 2.64. The first kappa shape index (κ1) is 21.0. The Morgan fingerprint density at radius 1 is 1.11 bits per heavy atom. The summed E-state index contributed by atoms with van der Waals surface area (Å²) in [6, 6.07) is 15.8. The molecule has 0 aliphatic heterocycles. The third kappa shape index (κ3) is 4.67. The second kappa shape index (κ2) is 9.21. The van der Waals surface area contributed by atoms with Crippen LogP contribution in [0.25, 0.3) is 10.1 Å². The fourth-order valence-corrected chi connectivity index (χ4v) is 8.08. The van der Waals surface area contributed by atoms with Crippen molar-refractivity contribution in [1.29, 1.82) is 0 Å². The number of fused-ring (bicyclic) bond motifs is 1. The van der Waals surface area contributed by atoms with Gasteiger partial charge in [-0.3, -0.25) is 4.57 Å². The van der Waals surface area contributed by atoms with Crippen LogP contribution >= 0.6 is 46.5 Å². The van der Waals surface area contributed by atoms with Gasteiger partial charge in [0, 0.05) is 24.5 Å². The van der Waals surface area contributed by atoms with Gasteiger partial charge in [0.05, 0.1) is 13.2 Å². The van der Waals surface area contributed by atoms with E-state index in [0.29, 0.717) is 24.7 Å². The van der Waals surface area contributed by atoms with Crippen molar-refractivity contribution in [2.24, 2.45) is 0 Å². The number of hydrogen-bond donors (Lipinski definition) is 0. The van der Waals surface area contributed by atoms with Crippen LogP contribution in [-0.2, 0) is 20.0 Å². The number of thiophene rings is 1. The molecule has 2 aromatic carbocycles. The maximum atomic E-state index is 13.7. The molecule has 0 aliphatic carbocycles. The molecule has 1 aromatic heterocycles. The molecule has 0 saturated carbocycles. The average Bonchev–Trinajstić information content (AvgIpc) is 2.97. The van der Waals surface area contributed by atoms with E-state index in [9.17, 15) is 4.57 Å². The molecule has 1 atom stereocenters. The summed E-state index contributed by atoms with van der Waals surface area (Å²) in [5.74, 6) is 0. The van der Waals surface area contributed by atoms with Crippen molar-refractivity contribution in [3.05, 3.63) is 68.5 Å². The zero-order chi connectivity index (χ0) is 19.4. The minimum atomic E-state index is -3.38. The van der Waals surface area contributed by atoms with Crippen LogP contribution in [0.3, 0.4) is 0 Å². The lowest BCUT2D eigenvalue weighted by Gasteiger charge is -2.26. The number of benzene rings is 2. The molecule has 3 nitrogen and oxygen atoms in total. The molecule has 3 aromatic rings. The van der Waals surface area contributed by atoms with Gasteiger partial charge in [-0.05, 0) is 60.0 Å². The second-order valence-corrected chi connectivity index (χ2v) is 10.5. The molecular formula is C20H21BrClO3PS. The molecule has 0 aliphatic rings. The summed E-state index contributed by atoms with van der Waals surface area (Å²) in [5.41, 5.74) is 0.583. The minimum absolute atomic E-state index is 0.325. The van der Waals surface area contributed by atoms with E-state index in [4.69, 9.17) is 20.6 Å². The van der Waals surface area contributed by atoms with E-state index in [-0.39, 0.29) is 0 Å². The third-order valence-corrected chi connectivity index (χ3v) is 9.43. The summed E-state index contributed by atoms with van der Waals surface area (Å²) in [5, 5.41) is 1.76. The first-order valence-corrected chi connectivity index (χ1v) is 12.4. The topological polar surface area (TPSA) is 35.5 Å². The van der Waals surface area contributed by atoms with E-state index in [1.165, 1.54) is 0 Å². The zero-order valence-corrected chi connectivity index (χ0v) is 19.2. The van der Waals surface area contributed by atoms with Crippen molar-refractivity contribution in [3.63, 3.8) is 0 Å². The predicted octanol–water partition coefficient (Wildman–Crippen LogP) is 7.87. The molecule has 7 heteroatoms. The molecule has 0 bridgehead atoms. The summed E-state index contributed by atoms with van der Waals surface area (Å²) in [4.78, 5) is 0.974. The highest BCUT2D eigenvalue weighted by atomic mass is 79.9. The lowest BCUT2D eigenvalue weighted by molar-refractivity contribution is 0.212. The van der Waals surface area contributed by atoms with E-state index >= 15 is 0 Å². The summed E-state index contributed by atoms with van der Waals surface area (Å²) in [7, 11) is -3.38. The maximum Gasteiger partial charge on any atom is 0.339 e. The molecular weight excluding hydrogens is 467 g/mol. The lowest BCUT2D eigenvalue weighted by Crippen LogP contribution is -2.09. The van der Waals surface area contributed by atoms with Gasteiger partial charge in [0.25, 0.3) is 0 Å². The largest absolute Gasteiger partial charge is 0.339 e. The molecule has 1 unspecified atom stereocenters. The first-order chi connectivity index (χ1) is 13.0. The van der Waals surface area contributed by atoms with Gasteiger partial charge in [0.2, 0.25) is 0 Å². The molecule has 0 radical (unpaired) electrons. The van der Waals surface area contributed by atoms with Gasteiger partial charge in [-0.2, -0.15) is 0 Å². The Labute approximate surface area is 177 Å². The number of rotatable bonds is 8. The number of hydrogen-bond acceptors (Lipinski definition) is 4. The van der Waals surface area contributed by atoms with Crippen LogP contribution in [0.4, 0.5) is 0 Å². The first-order valence-electron chi connectivity index (χ1n) is 8.78. The maximum absolute atomic E-state index is 13.7. The quantitative estimate of drug-likeness (QED) is 0.303. The van der Waals surface area contributed by atoms with Gasteiger partial charge < -0.3 is 9.05 Å². The standard InChI is InChI=1S/C20H21BrClO3PS/c1-3-24-26(23,25-4-2)17(13-14-8-7-9-15(22)12-14)20-19(21)16-10-5-6-11-18(16)27-20/h5-12,17H,3-4,13H2,1-2H3. The molecule has 0 saturated heterocycles. The normalized spacial score (nSPS) is 13.2. The van der Waals surface area contributed by atoms with Crippen molar-refractivity contribution in [3.8, 4) is 0 Å². The van der Waals surface area contributed by atoms with Crippen LogP contribution < -0.4 is 0 Å². The molecule has 0 fully saturated rings. The second-order valence-electron chi connectivity index (χ2n) is 6.00.